The second-order valence-corrected chi connectivity index (χ2v) is 5.71. The summed E-state index contributed by atoms with van der Waals surface area (Å²) in [4.78, 5) is 12.2. The van der Waals surface area contributed by atoms with Gasteiger partial charge in [0.2, 0.25) is 0 Å². The van der Waals surface area contributed by atoms with E-state index in [-0.39, 0.29) is 11.3 Å². The predicted molar refractivity (Wildman–Crippen MR) is 78.7 cm³/mol. The standard InChI is InChI=1S/C15H21N3O2/c1-15(2,8-9-20-3)10-16-14(19)13-11-6-4-5-7-12(11)17-18-13/h4-7H,8-10H2,1-3H3,(H,16,19)(H,17,18). The highest BCUT2D eigenvalue weighted by atomic mass is 16.5. The second-order valence-electron chi connectivity index (χ2n) is 5.71. The molecule has 0 fully saturated rings. The van der Waals surface area contributed by atoms with Gasteiger partial charge in [0.05, 0.1) is 5.52 Å². The van der Waals surface area contributed by atoms with E-state index in [2.05, 4.69) is 29.4 Å². The summed E-state index contributed by atoms with van der Waals surface area (Å²) in [5.74, 6) is -0.145. The fourth-order valence-corrected chi connectivity index (χ4v) is 2.01. The molecule has 0 saturated carbocycles. The van der Waals surface area contributed by atoms with E-state index in [1.54, 1.807) is 7.11 Å². The molecule has 1 aromatic heterocycles. The van der Waals surface area contributed by atoms with Crippen LogP contribution in [-0.4, -0.2) is 36.4 Å². The zero-order chi connectivity index (χ0) is 14.6. The molecule has 0 aliphatic heterocycles. The highest BCUT2D eigenvalue weighted by molar-refractivity contribution is 6.04. The lowest BCUT2D eigenvalue weighted by molar-refractivity contribution is 0.0917. The lowest BCUT2D eigenvalue weighted by Crippen LogP contribution is -2.34. The van der Waals surface area contributed by atoms with Crippen LogP contribution >= 0.6 is 0 Å². The van der Waals surface area contributed by atoms with Crippen LogP contribution in [0.5, 0.6) is 0 Å². The molecule has 0 saturated heterocycles. The van der Waals surface area contributed by atoms with Gasteiger partial charge in [-0.05, 0) is 17.9 Å². The molecule has 0 aliphatic carbocycles. The molecule has 0 spiro atoms. The van der Waals surface area contributed by atoms with Crippen molar-refractivity contribution < 1.29 is 9.53 Å². The molecule has 2 N–H and O–H groups in total. The fourth-order valence-electron chi connectivity index (χ4n) is 2.01. The molecule has 1 aromatic carbocycles. The molecular formula is C15H21N3O2. The van der Waals surface area contributed by atoms with E-state index in [0.717, 1.165) is 17.3 Å². The number of rotatable bonds is 6. The van der Waals surface area contributed by atoms with Crippen molar-refractivity contribution >= 4 is 16.8 Å². The van der Waals surface area contributed by atoms with Crippen LogP contribution in [0.2, 0.25) is 0 Å². The minimum absolute atomic E-state index is 0.00220. The molecule has 1 amide bonds. The Morgan fingerprint density at radius 3 is 2.90 bits per heavy atom. The molecule has 0 atom stereocenters. The number of fused-ring (bicyclic) bond motifs is 1. The van der Waals surface area contributed by atoms with Gasteiger partial charge in [-0.1, -0.05) is 32.0 Å². The van der Waals surface area contributed by atoms with Crippen LogP contribution in [0.25, 0.3) is 10.9 Å². The summed E-state index contributed by atoms with van der Waals surface area (Å²) in [5, 5.41) is 10.8. The van der Waals surface area contributed by atoms with Crippen LogP contribution in [0.4, 0.5) is 0 Å². The number of hydrogen-bond donors (Lipinski definition) is 2. The summed E-state index contributed by atoms with van der Waals surface area (Å²) in [7, 11) is 1.69. The molecule has 0 unspecified atom stereocenters. The predicted octanol–water partition coefficient (Wildman–Crippen LogP) is 2.36. The van der Waals surface area contributed by atoms with Crippen molar-refractivity contribution in [2.24, 2.45) is 5.41 Å². The van der Waals surface area contributed by atoms with Crippen LogP contribution in [0.1, 0.15) is 30.8 Å². The van der Waals surface area contributed by atoms with Crippen molar-refractivity contribution in [3.8, 4) is 0 Å². The molecule has 5 heteroatoms. The van der Waals surface area contributed by atoms with Crippen LogP contribution in [0, 0.1) is 5.41 Å². The van der Waals surface area contributed by atoms with Crippen LogP contribution in [0.3, 0.4) is 0 Å². The van der Waals surface area contributed by atoms with Gasteiger partial charge in [0.25, 0.3) is 5.91 Å². The SMILES string of the molecule is COCCC(C)(C)CNC(=O)c1n[nH]c2ccccc12. The topological polar surface area (TPSA) is 67.0 Å². The Bertz CT molecular complexity index is 590. The Balaban J connectivity index is 2.02. The lowest BCUT2D eigenvalue weighted by Gasteiger charge is -2.24. The number of aromatic amines is 1. The molecule has 2 aromatic rings. The van der Waals surface area contributed by atoms with Gasteiger partial charge >= 0.3 is 0 Å². The largest absolute Gasteiger partial charge is 0.385 e. The average Bonchev–Trinajstić information content (AvgIpc) is 2.87. The van der Waals surface area contributed by atoms with E-state index >= 15 is 0 Å². The fraction of sp³-hybridized carbons (Fsp3) is 0.467. The van der Waals surface area contributed by atoms with Crippen molar-refractivity contribution in [3.63, 3.8) is 0 Å². The Morgan fingerprint density at radius 1 is 1.40 bits per heavy atom. The van der Waals surface area contributed by atoms with Gasteiger partial charge in [0.1, 0.15) is 0 Å². The lowest BCUT2D eigenvalue weighted by atomic mass is 9.89. The second kappa shape index (κ2) is 6.05. The Kier molecular flexibility index (Phi) is 4.39. The first kappa shape index (κ1) is 14.5. The average molecular weight is 275 g/mol. The summed E-state index contributed by atoms with van der Waals surface area (Å²) < 4.78 is 5.08. The number of aromatic nitrogens is 2. The van der Waals surface area contributed by atoms with Gasteiger partial charge < -0.3 is 10.1 Å². The van der Waals surface area contributed by atoms with Crippen molar-refractivity contribution in [1.29, 1.82) is 0 Å². The molecule has 2 rings (SSSR count). The van der Waals surface area contributed by atoms with Crippen molar-refractivity contribution in [2.75, 3.05) is 20.3 Å². The first-order valence-electron chi connectivity index (χ1n) is 6.74. The summed E-state index contributed by atoms with van der Waals surface area (Å²) in [6.07, 6.45) is 0.894. The van der Waals surface area contributed by atoms with Gasteiger partial charge in [-0.25, -0.2) is 0 Å². The van der Waals surface area contributed by atoms with E-state index in [1.165, 1.54) is 0 Å². The number of hydrogen-bond acceptors (Lipinski definition) is 3. The minimum Gasteiger partial charge on any atom is -0.385 e. The number of H-pyrrole nitrogens is 1. The normalized spacial score (nSPS) is 11.8. The van der Waals surface area contributed by atoms with E-state index in [1.807, 2.05) is 24.3 Å². The number of benzene rings is 1. The van der Waals surface area contributed by atoms with E-state index in [0.29, 0.717) is 18.8 Å². The first-order chi connectivity index (χ1) is 9.53. The monoisotopic (exact) mass is 275 g/mol. The zero-order valence-corrected chi connectivity index (χ0v) is 12.2. The highest BCUT2D eigenvalue weighted by Crippen LogP contribution is 2.20. The zero-order valence-electron chi connectivity index (χ0n) is 12.2. The molecule has 108 valence electrons. The van der Waals surface area contributed by atoms with Gasteiger partial charge in [0, 0.05) is 25.6 Å². The molecule has 5 nitrogen and oxygen atoms in total. The maximum absolute atomic E-state index is 12.2. The molecular weight excluding hydrogens is 254 g/mol. The molecule has 1 heterocycles. The number of methoxy groups -OCH3 is 1. The van der Waals surface area contributed by atoms with Crippen molar-refractivity contribution in [2.45, 2.75) is 20.3 Å². The van der Waals surface area contributed by atoms with Gasteiger partial charge in [0.15, 0.2) is 5.69 Å². The molecule has 0 radical (unpaired) electrons. The maximum Gasteiger partial charge on any atom is 0.272 e. The Morgan fingerprint density at radius 2 is 2.15 bits per heavy atom. The number of carbonyl (C=O) groups excluding carboxylic acids is 1. The van der Waals surface area contributed by atoms with Crippen LogP contribution in [-0.2, 0) is 4.74 Å². The smallest absolute Gasteiger partial charge is 0.272 e. The quantitative estimate of drug-likeness (QED) is 0.850. The summed E-state index contributed by atoms with van der Waals surface area (Å²) >= 11 is 0. The number of nitrogens with one attached hydrogen (secondary N) is 2. The molecule has 0 bridgehead atoms. The maximum atomic E-state index is 12.2. The third kappa shape index (κ3) is 3.36. The van der Waals surface area contributed by atoms with Crippen molar-refractivity contribution in [1.82, 2.24) is 15.5 Å². The Labute approximate surface area is 118 Å². The third-order valence-electron chi connectivity index (χ3n) is 3.40. The van der Waals surface area contributed by atoms with Crippen LogP contribution in [0.15, 0.2) is 24.3 Å². The first-order valence-corrected chi connectivity index (χ1v) is 6.74. The van der Waals surface area contributed by atoms with Crippen molar-refractivity contribution in [3.05, 3.63) is 30.0 Å². The number of ether oxygens (including phenoxy) is 1. The van der Waals surface area contributed by atoms with Gasteiger partial charge in [-0.15, -0.1) is 0 Å². The minimum atomic E-state index is -0.145. The third-order valence-corrected chi connectivity index (χ3v) is 3.40. The number of nitrogens with zero attached hydrogens (tertiary/aromatic N) is 1. The number of carbonyl (C=O) groups is 1. The number of para-hydroxylation sites is 1. The summed E-state index contributed by atoms with van der Waals surface area (Å²) in [5.41, 5.74) is 1.32. The van der Waals surface area contributed by atoms with Gasteiger partial charge in [-0.2, -0.15) is 5.10 Å². The molecule has 0 aliphatic rings. The van der Waals surface area contributed by atoms with E-state index in [9.17, 15) is 4.79 Å². The van der Waals surface area contributed by atoms with Gasteiger partial charge in [-0.3, -0.25) is 9.89 Å². The highest BCUT2D eigenvalue weighted by Gasteiger charge is 2.20. The summed E-state index contributed by atoms with van der Waals surface area (Å²) in [6, 6.07) is 7.61. The van der Waals surface area contributed by atoms with E-state index < -0.39 is 0 Å². The van der Waals surface area contributed by atoms with E-state index in [4.69, 9.17) is 4.74 Å². The summed E-state index contributed by atoms with van der Waals surface area (Å²) in [6.45, 7) is 5.49. The molecule has 20 heavy (non-hydrogen) atoms. The van der Waals surface area contributed by atoms with Crippen LogP contribution < -0.4 is 5.32 Å². The Hall–Kier alpha value is -1.88. The number of amides is 1.